The van der Waals surface area contributed by atoms with Crippen molar-refractivity contribution in [3.05, 3.63) is 70.8 Å². The lowest BCUT2D eigenvalue weighted by atomic mass is 9.61. The molecule has 2 bridgehead atoms. The molecular formula is C26H34N2. The Morgan fingerprint density at radius 2 is 1.29 bits per heavy atom. The van der Waals surface area contributed by atoms with Crippen molar-refractivity contribution in [2.24, 2.45) is 5.92 Å². The Morgan fingerprint density at radius 3 is 1.79 bits per heavy atom. The van der Waals surface area contributed by atoms with Gasteiger partial charge in [-0.15, -0.1) is 0 Å². The predicted molar refractivity (Wildman–Crippen MR) is 117 cm³/mol. The quantitative estimate of drug-likeness (QED) is 0.812. The van der Waals surface area contributed by atoms with Gasteiger partial charge in [0.05, 0.1) is 0 Å². The van der Waals surface area contributed by atoms with E-state index in [0.29, 0.717) is 23.3 Å². The fourth-order valence-electron chi connectivity index (χ4n) is 6.30. The van der Waals surface area contributed by atoms with E-state index in [1.807, 2.05) is 0 Å². The maximum absolute atomic E-state index is 3.91. The number of nitrogens with zero attached hydrogens (tertiary/aromatic N) is 1. The highest BCUT2D eigenvalue weighted by Crippen LogP contribution is 2.53. The van der Waals surface area contributed by atoms with Crippen LogP contribution in [0.15, 0.2) is 48.5 Å². The molecule has 6 rings (SSSR count). The summed E-state index contributed by atoms with van der Waals surface area (Å²) in [5.74, 6) is 1.98. The van der Waals surface area contributed by atoms with Gasteiger partial charge in [-0.05, 0) is 88.0 Å². The van der Waals surface area contributed by atoms with Gasteiger partial charge in [-0.25, -0.2) is 0 Å². The van der Waals surface area contributed by atoms with Crippen molar-refractivity contribution < 1.29 is 0 Å². The summed E-state index contributed by atoms with van der Waals surface area (Å²) in [6, 6.07) is 18.9. The Hall–Kier alpha value is -1.64. The van der Waals surface area contributed by atoms with Crippen LogP contribution in [0.2, 0.25) is 0 Å². The van der Waals surface area contributed by atoms with E-state index >= 15 is 0 Å². The summed E-state index contributed by atoms with van der Waals surface area (Å²) >= 11 is 0. The fourth-order valence-corrected chi connectivity index (χ4v) is 6.30. The van der Waals surface area contributed by atoms with Gasteiger partial charge in [0.2, 0.25) is 0 Å². The molecule has 0 radical (unpaired) electrons. The molecule has 3 saturated heterocycles. The van der Waals surface area contributed by atoms with Gasteiger partial charge in [0.25, 0.3) is 0 Å². The van der Waals surface area contributed by atoms with Crippen molar-refractivity contribution in [2.45, 2.75) is 56.9 Å². The molecule has 2 atom stereocenters. The molecule has 148 valence electrons. The van der Waals surface area contributed by atoms with Crippen LogP contribution < -0.4 is 5.32 Å². The van der Waals surface area contributed by atoms with Gasteiger partial charge < -0.3 is 5.32 Å². The molecule has 2 nitrogen and oxygen atoms in total. The van der Waals surface area contributed by atoms with E-state index in [0.717, 1.165) is 13.1 Å². The molecule has 1 aliphatic carbocycles. The van der Waals surface area contributed by atoms with Gasteiger partial charge in [-0.2, -0.15) is 0 Å². The van der Waals surface area contributed by atoms with Crippen LogP contribution >= 0.6 is 0 Å². The number of likely N-dealkylation sites (tertiary alicyclic amines) is 1. The molecule has 0 amide bonds. The molecule has 2 aromatic carbocycles. The number of fused-ring (bicyclic) bond motifs is 4. The van der Waals surface area contributed by atoms with Crippen molar-refractivity contribution >= 4 is 0 Å². The molecule has 3 aliphatic heterocycles. The fraction of sp³-hybridized carbons (Fsp3) is 0.538. The third-order valence-electron chi connectivity index (χ3n) is 7.86. The average Bonchev–Trinajstić information content (AvgIpc) is 3.12. The molecule has 4 aliphatic rings. The molecule has 0 aromatic heterocycles. The lowest BCUT2D eigenvalue weighted by Gasteiger charge is -2.50. The summed E-state index contributed by atoms with van der Waals surface area (Å²) in [5, 5.41) is 3.91. The number of benzene rings is 2. The highest BCUT2D eigenvalue weighted by Gasteiger charge is 2.51. The highest BCUT2D eigenvalue weighted by molar-refractivity contribution is 5.33. The second-order valence-corrected chi connectivity index (χ2v) is 9.66. The number of aryl methyl sites for hydroxylation is 2. The third kappa shape index (κ3) is 3.21. The standard InChI is InChI=1S/C26H34N2/c1-19-5-9-21(10-6-19)23-15-26(28-13-3-4-14-28)16-24(25(23)17-27-18-26)22-11-7-20(2)8-12-22/h5-12,23-25,27H,3-4,13-18H2,1-2H3. The monoisotopic (exact) mass is 374 g/mol. The molecule has 3 heterocycles. The highest BCUT2D eigenvalue weighted by atomic mass is 15.2. The first-order valence-electron chi connectivity index (χ1n) is 11.2. The van der Waals surface area contributed by atoms with Crippen molar-refractivity contribution in [2.75, 3.05) is 26.2 Å². The van der Waals surface area contributed by atoms with Crippen molar-refractivity contribution in [1.29, 1.82) is 0 Å². The molecule has 1 saturated carbocycles. The number of hydrogen-bond donors (Lipinski definition) is 1. The van der Waals surface area contributed by atoms with Crippen LogP contribution in [-0.4, -0.2) is 36.6 Å². The van der Waals surface area contributed by atoms with Gasteiger partial charge >= 0.3 is 0 Å². The predicted octanol–water partition coefficient (Wildman–Crippen LogP) is 5.02. The zero-order valence-electron chi connectivity index (χ0n) is 17.5. The summed E-state index contributed by atoms with van der Waals surface area (Å²) in [5.41, 5.74) is 6.16. The number of hydrogen-bond acceptors (Lipinski definition) is 2. The first-order valence-corrected chi connectivity index (χ1v) is 11.2. The van der Waals surface area contributed by atoms with E-state index < -0.39 is 0 Å². The van der Waals surface area contributed by atoms with Gasteiger partial charge in [0.1, 0.15) is 0 Å². The van der Waals surface area contributed by atoms with Crippen molar-refractivity contribution in [3.8, 4) is 0 Å². The first-order chi connectivity index (χ1) is 13.6. The summed E-state index contributed by atoms with van der Waals surface area (Å²) < 4.78 is 0. The zero-order chi connectivity index (χ0) is 19.1. The lowest BCUT2D eigenvalue weighted by Crippen LogP contribution is -2.55. The Balaban J connectivity index is 1.57. The van der Waals surface area contributed by atoms with Gasteiger partial charge in [0, 0.05) is 12.1 Å². The first kappa shape index (κ1) is 18.4. The third-order valence-corrected chi connectivity index (χ3v) is 7.86. The van der Waals surface area contributed by atoms with Crippen LogP contribution in [0.5, 0.6) is 0 Å². The van der Waals surface area contributed by atoms with Crippen molar-refractivity contribution in [1.82, 2.24) is 10.2 Å². The van der Waals surface area contributed by atoms with E-state index in [1.165, 1.54) is 49.9 Å². The lowest BCUT2D eigenvalue weighted by molar-refractivity contribution is 0.0543. The molecule has 1 N–H and O–H groups in total. The Morgan fingerprint density at radius 1 is 0.786 bits per heavy atom. The van der Waals surface area contributed by atoms with E-state index in [9.17, 15) is 0 Å². The molecule has 2 unspecified atom stereocenters. The van der Waals surface area contributed by atoms with E-state index in [4.69, 9.17) is 0 Å². The normalized spacial score (nSPS) is 33.1. The summed E-state index contributed by atoms with van der Waals surface area (Å²) in [6.07, 6.45) is 5.37. The van der Waals surface area contributed by atoms with Crippen LogP contribution in [0.4, 0.5) is 0 Å². The minimum atomic E-state index is 0.314. The topological polar surface area (TPSA) is 15.3 Å². The van der Waals surface area contributed by atoms with Crippen molar-refractivity contribution in [3.63, 3.8) is 0 Å². The van der Waals surface area contributed by atoms with E-state index in [-0.39, 0.29) is 0 Å². The molecule has 0 spiro atoms. The van der Waals surface area contributed by atoms with Gasteiger partial charge in [-0.1, -0.05) is 59.7 Å². The van der Waals surface area contributed by atoms with Crippen LogP contribution in [0.3, 0.4) is 0 Å². The molecular weight excluding hydrogens is 340 g/mol. The molecule has 4 fully saturated rings. The maximum Gasteiger partial charge on any atom is 0.0345 e. The molecule has 2 heteroatoms. The molecule has 2 aromatic rings. The Labute approximate surface area is 170 Å². The largest absolute Gasteiger partial charge is 0.315 e. The second-order valence-electron chi connectivity index (χ2n) is 9.66. The minimum absolute atomic E-state index is 0.314. The Bertz CT molecular complexity index is 746. The number of rotatable bonds is 3. The summed E-state index contributed by atoms with van der Waals surface area (Å²) in [6.45, 7) is 9.28. The smallest absolute Gasteiger partial charge is 0.0345 e. The second kappa shape index (κ2) is 7.31. The van der Waals surface area contributed by atoms with E-state index in [2.05, 4.69) is 72.6 Å². The zero-order valence-corrected chi connectivity index (χ0v) is 17.5. The van der Waals surface area contributed by atoms with E-state index in [1.54, 1.807) is 11.1 Å². The van der Waals surface area contributed by atoms with Crippen LogP contribution in [-0.2, 0) is 0 Å². The van der Waals surface area contributed by atoms with Gasteiger partial charge in [0.15, 0.2) is 0 Å². The summed E-state index contributed by atoms with van der Waals surface area (Å²) in [7, 11) is 0. The molecule has 28 heavy (non-hydrogen) atoms. The van der Waals surface area contributed by atoms with Crippen LogP contribution in [0.25, 0.3) is 0 Å². The summed E-state index contributed by atoms with van der Waals surface area (Å²) in [4.78, 5) is 2.85. The average molecular weight is 375 g/mol. The maximum atomic E-state index is 3.91. The van der Waals surface area contributed by atoms with Gasteiger partial charge in [-0.3, -0.25) is 4.90 Å². The SMILES string of the molecule is Cc1ccc(C2CC3(N4CCCC4)CNCC2C(c2ccc(C)cc2)C3)cc1. The minimum Gasteiger partial charge on any atom is -0.315 e. The van der Waals surface area contributed by atoms with Crippen LogP contribution in [0.1, 0.15) is 59.8 Å². The van der Waals surface area contributed by atoms with Crippen LogP contribution in [0, 0.1) is 19.8 Å². The Kier molecular flexibility index (Phi) is 4.80. The number of nitrogens with one attached hydrogen (secondary N) is 1.